The summed E-state index contributed by atoms with van der Waals surface area (Å²) in [6.45, 7) is 2.43. The first-order valence-electron chi connectivity index (χ1n) is 8.52. The number of carbonyl (C=O) groups excluding carboxylic acids is 1. The van der Waals surface area contributed by atoms with Crippen LogP contribution in [0.5, 0.6) is 5.75 Å². The van der Waals surface area contributed by atoms with E-state index in [0.717, 1.165) is 5.56 Å². The number of aryl methyl sites for hydroxylation is 1. The van der Waals surface area contributed by atoms with E-state index in [0.29, 0.717) is 36.0 Å². The van der Waals surface area contributed by atoms with Gasteiger partial charge >= 0.3 is 0 Å². The van der Waals surface area contributed by atoms with Crippen molar-refractivity contribution in [1.29, 1.82) is 0 Å². The summed E-state index contributed by atoms with van der Waals surface area (Å²) in [6, 6.07) is 17.1. The fraction of sp³-hybridized carbons (Fsp3) is 0.190. The van der Waals surface area contributed by atoms with Crippen molar-refractivity contribution >= 4 is 11.6 Å². The molecule has 0 atom stereocenters. The van der Waals surface area contributed by atoms with Gasteiger partial charge in [0.1, 0.15) is 23.1 Å². The van der Waals surface area contributed by atoms with Crippen molar-refractivity contribution in [3.05, 3.63) is 72.2 Å². The van der Waals surface area contributed by atoms with E-state index in [1.54, 1.807) is 12.1 Å². The molecule has 3 aromatic rings. The van der Waals surface area contributed by atoms with Gasteiger partial charge in [-0.1, -0.05) is 12.1 Å². The van der Waals surface area contributed by atoms with Crippen LogP contribution in [0.4, 0.5) is 10.1 Å². The predicted octanol–water partition coefficient (Wildman–Crippen LogP) is 5.06. The highest BCUT2D eigenvalue weighted by atomic mass is 19.1. The molecule has 4 nitrogen and oxygen atoms in total. The quantitative estimate of drug-likeness (QED) is 0.646. The smallest absolute Gasteiger partial charge is 0.224 e. The van der Waals surface area contributed by atoms with Crippen LogP contribution in [0.15, 0.2) is 65.1 Å². The van der Waals surface area contributed by atoms with Crippen LogP contribution in [-0.2, 0) is 11.2 Å². The molecular formula is C21H20FNO3. The van der Waals surface area contributed by atoms with Gasteiger partial charge in [-0.3, -0.25) is 4.79 Å². The number of ether oxygens (including phenoxy) is 1. The maximum absolute atomic E-state index is 13.0. The number of anilines is 1. The van der Waals surface area contributed by atoms with Crippen molar-refractivity contribution in [2.45, 2.75) is 19.8 Å². The van der Waals surface area contributed by atoms with E-state index in [2.05, 4.69) is 5.32 Å². The van der Waals surface area contributed by atoms with Gasteiger partial charge in [0.15, 0.2) is 0 Å². The SMILES string of the molecule is CCOc1ccccc1NC(=O)CCc1ccc(-c2ccc(F)cc2)o1. The van der Waals surface area contributed by atoms with Crippen molar-refractivity contribution in [2.24, 2.45) is 0 Å². The van der Waals surface area contributed by atoms with Gasteiger partial charge in [-0.05, 0) is 55.5 Å². The number of hydrogen-bond acceptors (Lipinski definition) is 3. The van der Waals surface area contributed by atoms with Crippen LogP contribution < -0.4 is 10.1 Å². The minimum absolute atomic E-state index is 0.114. The Morgan fingerprint density at radius 1 is 1.08 bits per heavy atom. The fourth-order valence-electron chi connectivity index (χ4n) is 2.58. The number of hydrogen-bond donors (Lipinski definition) is 1. The monoisotopic (exact) mass is 353 g/mol. The van der Waals surface area contributed by atoms with E-state index in [4.69, 9.17) is 9.15 Å². The number of halogens is 1. The summed E-state index contributed by atoms with van der Waals surface area (Å²) in [7, 11) is 0. The molecule has 1 N–H and O–H groups in total. The Bertz CT molecular complexity index is 871. The molecule has 1 heterocycles. The first kappa shape index (κ1) is 17.7. The van der Waals surface area contributed by atoms with E-state index in [1.165, 1.54) is 12.1 Å². The molecule has 1 amide bonds. The lowest BCUT2D eigenvalue weighted by Gasteiger charge is -2.10. The number of rotatable bonds is 7. The first-order valence-corrected chi connectivity index (χ1v) is 8.52. The second kappa shape index (κ2) is 8.34. The summed E-state index contributed by atoms with van der Waals surface area (Å²) in [5.41, 5.74) is 1.46. The molecule has 0 aliphatic rings. The number of furan rings is 1. The predicted molar refractivity (Wildman–Crippen MR) is 98.7 cm³/mol. The van der Waals surface area contributed by atoms with Crippen molar-refractivity contribution in [2.75, 3.05) is 11.9 Å². The third kappa shape index (κ3) is 4.51. The number of amides is 1. The summed E-state index contributed by atoms with van der Waals surface area (Å²) in [4.78, 5) is 12.2. The van der Waals surface area contributed by atoms with Crippen molar-refractivity contribution in [3.8, 4) is 17.1 Å². The number of para-hydroxylation sites is 2. The minimum Gasteiger partial charge on any atom is -0.492 e. The average Bonchev–Trinajstić information content (AvgIpc) is 3.11. The Labute approximate surface area is 151 Å². The number of nitrogens with one attached hydrogen (secondary N) is 1. The van der Waals surface area contributed by atoms with Gasteiger partial charge in [0.25, 0.3) is 0 Å². The first-order chi connectivity index (χ1) is 12.7. The van der Waals surface area contributed by atoms with Crippen LogP contribution >= 0.6 is 0 Å². The molecule has 1 aromatic heterocycles. The molecule has 0 aliphatic heterocycles. The molecule has 0 saturated carbocycles. The van der Waals surface area contributed by atoms with Gasteiger partial charge in [0.05, 0.1) is 12.3 Å². The standard InChI is InChI=1S/C21H20FNO3/c1-2-25-20-6-4-3-5-18(20)23-21(24)14-12-17-11-13-19(26-17)15-7-9-16(22)10-8-15/h3-11,13H,2,12,14H2,1H3,(H,23,24). The third-order valence-corrected chi connectivity index (χ3v) is 3.85. The van der Waals surface area contributed by atoms with Gasteiger partial charge in [-0.2, -0.15) is 0 Å². The van der Waals surface area contributed by atoms with Crippen molar-refractivity contribution in [1.82, 2.24) is 0 Å². The van der Waals surface area contributed by atoms with Crippen LogP contribution in [0.25, 0.3) is 11.3 Å². The van der Waals surface area contributed by atoms with Gasteiger partial charge in [-0.25, -0.2) is 4.39 Å². The van der Waals surface area contributed by atoms with Crippen LogP contribution in [-0.4, -0.2) is 12.5 Å². The highest BCUT2D eigenvalue weighted by Gasteiger charge is 2.10. The highest BCUT2D eigenvalue weighted by molar-refractivity contribution is 5.92. The zero-order valence-corrected chi connectivity index (χ0v) is 14.5. The van der Waals surface area contributed by atoms with Crippen LogP contribution in [0.1, 0.15) is 19.1 Å². The van der Waals surface area contributed by atoms with Crippen LogP contribution in [0.3, 0.4) is 0 Å². The van der Waals surface area contributed by atoms with Crippen molar-refractivity contribution < 1.29 is 18.3 Å². The highest BCUT2D eigenvalue weighted by Crippen LogP contribution is 2.25. The Morgan fingerprint density at radius 2 is 1.85 bits per heavy atom. The molecule has 5 heteroatoms. The van der Waals surface area contributed by atoms with Gasteiger partial charge in [-0.15, -0.1) is 0 Å². The van der Waals surface area contributed by atoms with Crippen LogP contribution in [0.2, 0.25) is 0 Å². The molecule has 0 unspecified atom stereocenters. The van der Waals surface area contributed by atoms with E-state index in [9.17, 15) is 9.18 Å². The number of benzene rings is 2. The van der Waals surface area contributed by atoms with Gasteiger partial charge in [0, 0.05) is 18.4 Å². The van der Waals surface area contributed by atoms with Gasteiger partial charge in [0.2, 0.25) is 5.91 Å². The van der Waals surface area contributed by atoms with Crippen LogP contribution in [0, 0.1) is 5.82 Å². The fourth-order valence-corrected chi connectivity index (χ4v) is 2.58. The molecule has 0 bridgehead atoms. The topological polar surface area (TPSA) is 51.5 Å². The molecule has 0 fully saturated rings. The van der Waals surface area contributed by atoms with E-state index < -0.39 is 0 Å². The summed E-state index contributed by atoms with van der Waals surface area (Å²) in [6.07, 6.45) is 0.765. The van der Waals surface area contributed by atoms with Crippen molar-refractivity contribution in [3.63, 3.8) is 0 Å². The third-order valence-electron chi connectivity index (χ3n) is 3.85. The molecule has 0 radical (unpaired) electrons. The lowest BCUT2D eigenvalue weighted by molar-refractivity contribution is -0.116. The second-order valence-electron chi connectivity index (χ2n) is 5.75. The maximum Gasteiger partial charge on any atom is 0.224 e. The number of carbonyl (C=O) groups is 1. The van der Waals surface area contributed by atoms with E-state index >= 15 is 0 Å². The normalized spacial score (nSPS) is 10.5. The molecular weight excluding hydrogens is 333 g/mol. The Morgan fingerprint density at radius 3 is 2.62 bits per heavy atom. The Balaban J connectivity index is 1.58. The largest absolute Gasteiger partial charge is 0.492 e. The lowest BCUT2D eigenvalue weighted by atomic mass is 10.2. The van der Waals surface area contributed by atoms with E-state index in [-0.39, 0.29) is 18.1 Å². The Kier molecular flexibility index (Phi) is 5.69. The minimum atomic E-state index is -0.287. The van der Waals surface area contributed by atoms with E-state index in [1.807, 2.05) is 43.3 Å². The molecule has 2 aromatic carbocycles. The summed E-state index contributed by atoms with van der Waals surface area (Å²) in [5, 5.41) is 2.86. The molecule has 3 rings (SSSR count). The molecule has 0 saturated heterocycles. The lowest BCUT2D eigenvalue weighted by Crippen LogP contribution is -2.13. The summed E-state index contributed by atoms with van der Waals surface area (Å²) < 4.78 is 24.2. The average molecular weight is 353 g/mol. The summed E-state index contributed by atoms with van der Waals surface area (Å²) >= 11 is 0. The van der Waals surface area contributed by atoms with Gasteiger partial charge < -0.3 is 14.5 Å². The molecule has 0 aliphatic carbocycles. The zero-order chi connectivity index (χ0) is 18.4. The molecule has 26 heavy (non-hydrogen) atoms. The second-order valence-corrected chi connectivity index (χ2v) is 5.75. The molecule has 0 spiro atoms. The Hall–Kier alpha value is -3.08. The maximum atomic E-state index is 13.0. The summed E-state index contributed by atoms with van der Waals surface area (Å²) in [5.74, 6) is 1.61. The zero-order valence-electron chi connectivity index (χ0n) is 14.5. The molecule has 134 valence electrons.